The zero-order valence-corrected chi connectivity index (χ0v) is 27.0. The van der Waals surface area contributed by atoms with E-state index in [9.17, 15) is 36.7 Å². The summed E-state index contributed by atoms with van der Waals surface area (Å²) in [5.41, 5.74) is 3.45. The minimum atomic E-state index is -4.52. The van der Waals surface area contributed by atoms with Crippen molar-refractivity contribution in [2.75, 3.05) is 64.1 Å². The second-order valence-electron chi connectivity index (χ2n) is 11.6. The van der Waals surface area contributed by atoms with Gasteiger partial charge in [-0.1, -0.05) is 30.3 Å². The highest BCUT2D eigenvalue weighted by Gasteiger charge is 2.30. The van der Waals surface area contributed by atoms with Crippen LogP contribution >= 0.6 is 0 Å². The molecule has 266 valence electrons. The summed E-state index contributed by atoms with van der Waals surface area (Å²) in [6.07, 6.45) is -7.13. The number of fused-ring (bicyclic) bond motifs is 1. The van der Waals surface area contributed by atoms with Crippen LogP contribution in [-0.2, 0) is 12.8 Å². The summed E-state index contributed by atoms with van der Waals surface area (Å²) in [6, 6.07) is 18.2. The Bertz CT molecular complexity index is 1480. The summed E-state index contributed by atoms with van der Waals surface area (Å²) in [4.78, 5) is 4.15. The molecule has 3 aromatic rings. The molecular weight excluding hydrogens is 656 g/mol. The SMILES string of the molecule is C[C@@H](Cc1cc(C#N)c2c(c1)CCN2CCCO)N(CCOc1ccccc1OCC(F)(F)F)CCOc1ccccc1OCC(F)(F)F. The van der Waals surface area contributed by atoms with Gasteiger partial charge in [-0.3, -0.25) is 4.90 Å². The molecule has 0 saturated carbocycles. The average molecular weight is 696 g/mol. The van der Waals surface area contributed by atoms with Crippen LogP contribution in [0.1, 0.15) is 30.0 Å². The summed E-state index contributed by atoms with van der Waals surface area (Å²) >= 11 is 0. The molecule has 1 N–H and O–H groups in total. The molecular formula is C35H39F6N3O5. The van der Waals surface area contributed by atoms with E-state index in [4.69, 9.17) is 18.9 Å². The van der Waals surface area contributed by atoms with Crippen LogP contribution in [0.15, 0.2) is 60.7 Å². The predicted molar refractivity (Wildman–Crippen MR) is 170 cm³/mol. The van der Waals surface area contributed by atoms with Crippen LogP contribution < -0.4 is 23.8 Å². The quantitative estimate of drug-likeness (QED) is 0.150. The van der Waals surface area contributed by atoms with E-state index in [-0.39, 0.29) is 48.9 Å². The summed E-state index contributed by atoms with van der Waals surface area (Å²) in [5.74, 6) is 0.200. The predicted octanol–water partition coefficient (Wildman–Crippen LogP) is 6.58. The molecule has 8 nitrogen and oxygen atoms in total. The summed E-state index contributed by atoms with van der Waals surface area (Å²) in [7, 11) is 0. The molecule has 0 amide bonds. The molecule has 0 radical (unpaired) electrons. The van der Waals surface area contributed by atoms with Gasteiger partial charge < -0.3 is 29.0 Å². The maximum absolute atomic E-state index is 12.8. The van der Waals surface area contributed by atoms with E-state index in [1.165, 1.54) is 24.3 Å². The smallest absolute Gasteiger partial charge is 0.422 e. The van der Waals surface area contributed by atoms with Gasteiger partial charge in [-0.2, -0.15) is 31.6 Å². The number of hydrogen-bond acceptors (Lipinski definition) is 8. The Balaban J connectivity index is 1.47. The fraction of sp³-hybridized carbons (Fsp3) is 0.457. The molecule has 0 aromatic heterocycles. The van der Waals surface area contributed by atoms with E-state index in [1.807, 2.05) is 17.9 Å². The summed E-state index contributed by atoms with van der Waals surface area (Å²) in [6.45, 7) is 1.30. The number of rotatable bonds is 18. The fourth-order valence-electron chi connectivity index (χ4n) is 5.64. The van der Waals surface area contributed by atoms with Crippen LogP contribution in [0.5, 0.6) is 23.0 Å². The lowest BCUT2D eigenvalue weighted by Crippen LogP contribution is -2.40. The minimum Gasteiger partial charge on any atom is -0.488 e. The first-order valence-corrected chi connectivity index (χ1v) is 15.9. The van der Waals surface area contributed by atoms with Crippen molar-refractivity contribution in [3.05, 3.63) is 77.4 Å². The van der Waals surface area contributed by atoms with Gasteiger partial charge in [0.05, 0.1) is 11.3 Å². The standard InChI is InChI=1S/C35H39F6N3O5/c1-25(19-26-20-27-11-13-44(12-6-16-45)33(27)28(21-26)22-42)43(14-17-46-29-7-2-4-9-31(29)48-23-34(36,37)38)15-18-47-30-8-3-5-10-32(30)49-24-35(39,40)41/h2-5,7-10,20-21,25,45H,6,11-19,23-24H2,1H3/t25-/m0/s1. The number of halogens is 6. The van der Waals surface area contributed by atoms with Crippen LogP contribution in [0.25, 0.3) is 0 Å². The van der Waals surface area contributed by atoms with Gasteiger partial charge in [0, 0.05) is 38.8 Å². The third-order valence-electron chi connectivity index (χ3n) is 7.83. The molecule has 49 heavy (non-hydrogen) atoms. The van der Waals surface area contributed by atoms with E-state index in [1.54, 1.807) is 24.3 Å². The Labute approximate surface area is 281 Å². The molecule has 0 unspecified atom stereocenters. The van der Waals surface area contributed by atoms with Crippen molar-refractivity contribution in [3.63, 3.8) is 0 Å². The normalized spacial score (nSPS) is 13.6. The van der Waals surface area contributed by atoms with E-state index in [0.29, 0.717) is 38.0 Å². The van der Waals surface area contributed by atoms with Gasteiger partial charge in [-0.15, -0.1) is 0 Å². The lowest BCUT2D eigenvalue weighted by molar-refractivity contribution is -0.154. The highest BCUT2D eigenvalue weighted by molar-refractivity contribution is 5.68. The lowest BCUT2D eigenvalue weighted by Gasteiger charge is -2.30. The molecule has 0 saturated heterocycles. The molecule has 0 spiro atoms. The molecule has 1 atom stereocenters. The zero-order chi connectivity index (χ0) is 35.4. The Kier molecular flexibility index (Phi) is 13.3. The maximum Gasteiger partial charge on any atom is 0.422 e. The van der Waals surface area contributed by atoms with Crippen molar-refractivity contribution in [2.24, 2.45) is 0 Å². The highest BCUT2D eigenvalue weighted by Crippen LogP contribution is 2.34. The van der Waals surface area contributed by atoms with Crippen molar-refractivity contribution in [1.82, 2.24) is 4.90 Å². The second kappa shape index (κ2) is 17.3. The largest absolute Gasteiger partial charge is 0.488 e. The molecule has 14 heteroatoms. The third-order valence-corrected chi connectivity index (χ3v) is 7.83. The van der Waals surface area contributed by atoms with Crippen molar-refractivity contribution in [2.45, 2.75) is 44.6 Å². The molecule has 0 aliphatic carbocycles. The topological polar surface area (TPSA) is 87.4 Å². The Morgan fingerprint density at radius 1 is 0.837 bits per heavy atom. The van der Waals surface area contributed by atoms with Crippen molar-refractivity contribution in [1.29, 1.82) is 5.26 Å². The lowest BCUT2D eigenvalue weighted by atomic mass is 9.98. The minimum absolute atomic E-state index is 0.0478. The zero-order valence-electron chi connectivity index (χ0n) is 27.0. The Morgan fingerprint density at radius 2 is 1.35 bits per heavy atom. The summed E-state index contributed by atoms with van der Waals surface area (Å²) in [5, 5.41) is 19.2. The Hall–Kier alpha value is -4.35. The van der Waals surface area contributed by atoms with Crippen LogP contribution in [0.4, 0.5) is 32.0 Å². The number of aliphatic hydroxyl groups excluding tert-OH is 1. The van der Waals surface area contributed by atoms with E-state index >= 15 is 0 Å². The van der Waals surface area contributed by atoms with E-state index in [2.05, 4.69) is 17.0 Å². The molecule has 4 rings (SSSR count). The number of nitriles is 1. The Morgan fingerprint density at radius 3 is 1.82 bits per heavy atom. The molecule has 1 aliphatic heterocycles. The molecule has 1 aliphatic rings. The van der Waals surface area contributed by atoms with Crippen molar-refractivity contribution >= 4 is 5.69 Å². The molecule has 0 bridgehead atoms. The highest BCUT2D eigenvalue weighted by atomic mass is 19.4. The van der Waals surface area contributed by atoms with Crippen molar-refractivity contribution in [3.8, 4) is 29.1 Å². The number of aliphatic hydroxyl groups is 1. The number of nitrogens with zero attached hydrogens (tertiary/aromatic N) is 3. The van der Waals surface area contributed by atoms with Gasteiger partial charge in [0.1, 0.15) is 19.3 Å². The fourth-order valence-corrected chi connectivity index (χ4v) is 5.64. The van der Waals surface area contributed by atoms with Gasteiger partial charge in [-0.25, -0.2) is 0 Å². The van der Waals surface area contributed by atoms with Crippen LogP contribution in [-0.4, -0.2) is 87.6 Å². The monoisotopic (exact) mass is 695 g/mol. The third kappa shape index (κ3) is 11.6. The van der Waals surface area contributed by atoms with E-state index in [0.717, 1.165) is 29.8 Å². The number of alkyl halides is 6. The van der Waals surface area contributed by atoms with Gasteiger partial charge >= 0.3 is 12.4 Å². The van der Waals surface area contributed by atoms with Crippen LogP contribution in [0, 0.1) is 11.3 Å². The van der Waals surface area contributed by atoms with E-state index < -0.39 is 25.6 Å². The molecule has 3 aromatic carbocycles. The van der Waals surface area contributed by atoms with Gasteiger partial charge in [0.15, 0.2) is 36.2 Å². The number of anilines is 1. The second-order valence-corrected chi connectivity index (χ2v) is 11.6. The van der Waals surface area contributed by atoms with Gasteiger partial charge in [0.25, 0.3) is 0 Å². The summed E-state index contributed by atoms with van der Waals surface area (Å²) < 4.78 is 98.2. The maximum atomic E-state index is 12.8. The number of ether oxygens (including phenoxy) is 4. The first-order valence-electron chi connectivity index (χ1n) is 15.9. The first kappa shape index (κ1) is 37.5. The van der Waals surface area contributed by atoms with Crippen LogP contribution in [0.2, 0.25) is 0 Å². The van der Waals surface area contributed by atoms with Gasteiger partial charge in [0.2, 0.25) is 0 Å². The molecule has 0 fully saturated rings. The van der Waals surface area contributed by atoms with Crippen molar-refractivity contribution < 1.29 is 50.4 Å². The van der Waals surface area contributed by atoms with Crippen LogP contribution in [0.3, 0.4) is 0 Å². The average Bonchev–Trinajstić information content (AvgIpc) is 3.47. The number of para-hydroxylation sites is 4. The molecule has 1 heterocycles. The number of hydrogen-bond donors (Lipinski definition) is 1. The first-order chi connectivity index (χ1) is 23.4. The number of benzene rings is 3. The van der Waals surface area contributed by atoms with Gasteiger partial charge in [-0.05, 0) is 67.6 Å².